The highest BCUT2D eigenvalue weighted by Gasteiger charge is 2.07. The van der Waals surface area contributed by atoms with Crippen LogP contribution in [0.3, 0.4) is 0 Å². The number of aryl methyl sites for hydroxylation is 1. The third kappa shape index (κ3) is 8.12. The number of rotatable bonds is 11. The van der Waals surface area contributed by atoms with Crippen molar-refractivity contribution in [1.82, 2.24) is 10.7 Å². The largest absolute Gasteiger partial charge is 0.483 e. The summed E-state index contributed by atoms with van der Waals surface area (Å²) in [5.41, 5.74) is 6.08. The number of hydrogen-bond donors (Lipinski definition) is 2. The predicted molar refractivity (Wildman–Crippen MR) is 124 cm³/mol. The molecule has 2 aromatic rings. The number of benzene rings is 2. The van der Waals surface area contributed by atoms with Crippen LogP contribution in [0.25, 0.3) is 0 Å². The molecule has 0 fully saturated rings. The first-order chi connectivity index (χ1) is 14.9. The maximum Gasteiger partial charge on any atom is 0.277 e. The molecule has 0 aromatic heterocycles. The van der Waals surface area contributed by atoms with Gasteiger partial charge in [-0.25, -0.2) is 5.43 Å². The fraction of sp³-hybridized carbons (Fsp3) is 0.375. The van der Waals surface area contributed by atoms with Gasteiger partial charge in [-0.05, 0) is 57.0 Å². The molecule has 0 spiro atoms. The molecule has 166 valence electrons. The molecule has 7 heteroatoms. The second kappa shape index (κ2) is 12.4. The van der Waals surface area contributed by atoms with E-state index in [-0.39, 0.29) is 24.8 Å². The molecule has 0 unspecified atom stereocenters. The first-order valence-electron chi connectivity index (χ1n) is 10.5. The fourth-order valence-corrected chi connectivity index (χ4v) is 3.00. The van der Waals surface area contributed by atoms with Crippen LogP contribution in [0.5, 0.6) is 5.75 Å². The minimum absolute atomic E-state index is 0.108. The van der Waals surface area contributed by atoms with Crippen LogP contribution in [-0.4, -0.2) is 37.2 Å². The van der Waals surface area contributed by atoms with E-state index in [4.69, 9.17) is 4.74 Å². The summed E-state index contributed by atoms with van der Waals surface area (Å²) in [4.78, 5) is 26.3. The van der Waals surface area contributed by atoms with Gasteiger partial charge in [-0.1, -0.05) is 30.3 Å². The molecule has 7 nitrogen and oxygen atoms in total. The average molecular weight is 425 g/mol. The lowest BCUT2D eigenvalue weighted by Crippen LogP contribution is -2.28. The van der Waals surface area contributed by atoms with E-state index in [1.54, 1.807) is 13.0 Å². The number of nitrogens with one attached hydrogen (secondary N) is 2. The van der Waals surface area contributed by atoms with E-state index in [1.807, 2.05) is 37.3 Å². The Morgan fingerprint density at radius 2 is 1.68 bits per heavy atom. The Labute approximate surface area is 184 Å². The molecule has 2 aromatic carbocycles. The van der Waals surface area contributed by atoms with E-state index in [9.17, 15) is 9.59 Å². The monoisotopic (exact) mass is 424 g/mol. The number of hydrazone groups is 1. The summed E-state index contributed by atoms with van der Waals surface area (Å²) in [7, 11) is 0. The van der Waals surface area contributed by atoms with Crippen LogP contribution >= 0.6 is 0 Å². The van der Waals surface area contributed by atoms with Gasteiger partial charge in [0.2, 0.25) is 5.91 Å². The van der Waals surface area contributed by atoms with Gasteiger partial charge in [0.05, 0.1) is 6.42 Å². The smallest absolute Gasteiger partial charge is 0.277 e. The van der Waals surface area contributed by atoms with E-state index >= 15 is 0 Å². The molecule has 31 heavy (non-hydrogen) atoms. The molecule has 0 saturated carbocycles. The number of hydrogen-bond acceptors (Lipinski definition) is 5. The number of nitrogens with zero attached hydrogens (tertiary/aromatic N) is 2. The second-order valence-corrected chi connectivity index (χ2v) is 7.23. The number of carbonyl (C=O) groups excluding carboxylic acids is 2. The summed E-state index contributed by atoms with van der Waals surface area (Å²) in [6.07, 6.45) is 0.108. The van der Waals surface area contributed by atoms with Crippen LogP contribution in [0.4, 0.5) is 5.69 Å². The summed E-state index contributed by atoms with van der Waals surface area (Å²) in [5.74, 6) is 0.124. The fourth-order valence-electron chi connectivity index (χ4n) is 3.00. The molecule has 0 heterocycles. The highest BCUT2D eigenvalue weighted by molar-refractivity contribution is 6.00. The van der Waals surface area contributed by atoms with Crippen molar-refractivity contribution < 1.29 is 14.3 Å². The Morgan fingerprint density at radius 3 is 2.32 bits per heavy atom. The zero-order chi connectivity index (χ0) is 22.6. The predicted octanol–water partition coefficient (Wildman–Crippen LogP) is 3.42. The molecule has 0 saturated heterocycles. The lowest BCUT2D eigenvalue weighted by molar-refractivity contribution is -0.123. The molecule has 0 bridgehead atoms. The Morgan fingerprint density at radius 1 is 1.00 bits per heavy atom. The van der Waals surface area contributed by atoms with Crippen LogP contribution < -0.4 is 20.4 Å². The van der Waals surface area contributed by atoms with E-state index in [1.165, 1.54) is 5.69 Å². The molecule has 0 radical (unpaired) electrons. The van der Waals surface area contributed by atoms with Crippen molar-refractivity contribution in [3.63, 3.8) is 0 Å². The van der Waals surface area contributed by atoms with E-state index in [0.717, 1.165) is 24.2 Å². The quantitative estimate of drug-likeness (QED) is 0.428. The number of anilines is 1. The van der Waals surface area contributed by atoms with E-state index in [2.05, 4.69) is 46.7 Å². The summed E-state index contributed by atoms with van der Waals surface area (Å²) in [5, 5.41) is 6.85. The summed E-state index contributed by atoms with van der Waals surface area (Å²) in [6, 6.07) is 15.6. The van der Waals surface area contributed by atoms with Crippen LogP contribution in [0.15, 0.2) is 53.6 Å². The molecule has 2 N–H and O–H groups in total. The number of amides is 2. The highest BCUT2D eigenvalue weighted by Crippen LogP contribution is 2.16. The van der Waals surface area contributed by atoms with Crippen LogP contribution in [0.1, 0.15) is 38.3 Å². The van der Waals surface area contributed by atoms with Gasteiger partial charge in [-0.15, -0.1) is 0 Å². The molecule has 0 aliphatic heterocycles. The summed E-state index contributed by atoms with van der Waals surface area (Å²) < 4.78 is 5.47. The topological polar surface area (TPSA) is 83.0 Å². The average Bonchev–Trinajstić information content (AvgIpc) is 2.77. The van der Waals surface area contributed by atoms with E-state index in [0.29, 0.717) is 18.0 Å². The third-order valence-corrected chi connectivity index (χ3v) is 4.79. The first-order valence-corrected chi connectivity index (χ1v) is 10.5. The minimum Gasteiger partial charge on any atom is -0.483 e. The zero-order valence-electron chi connectivity index (χ0n) is 18.8. The molecular formula is C24H32N4O3. The number of carbonyl (C=O) groups is 2. The molecule has 2 amide bonds. The van der Waals surface area contributed by atoms with Crippen molar-refractivity contribution in [2.75, 3.05) is 24.6 Å². The van der Waals surface area contributed by atoms with Crippen molar-refractivity contribution in [2.24, 2.45) is 5.10 Å². The Hall–Kier alpha value is -3.35. The maximum atomic E-state index is 12.1. The number of para-hydroxylation sites is 1. The summed E-state index contributed by atoms with van der Waals surface area (Å²) >= 11 is 0. The van der Waals surface area contributed by atoms with Gasteiger partial charge in [0.1, 0.15) is 5.75 Å². The van der Waals surface area contributed by atoms with Gasteiger partial charge in [-0.3, -0.25) is 9.59 Å². The van der Waals surface area contributed by atoms with Crippen molar-refractivity contribution >= 4 is 23.2 Å². The standard InChI is InChI=1S/C24H32N4O3/c1-5-28(6-2)21-13-11-20(12-14-21)16-25-23(29)15-19(4)26-27-24(30)17-31-22-10-8-7-9-18(22)3/h7-14H,5-6,15-17H2,1-4H3,(H,25,29)(H,27,30)/b26-19-. The summed E-state index contributed by atoms with van der Waals surface area (Å²) in [6.45, 7) is 10.1. The Kier molecular flexibility index (Phi) is 9.55. The van der Waals surface area contributed by atoms with Crippen molar-refractivity contribution in [2.45, 2.75) is 40.7 Å². The molecule has 0 aliphatic carbocycles. The lowest BCUT2D eigenvalue weighted by Gasteiger charge is -2.21. The zero-order valence-corrected chi connectivity index (χ0v) is 18.8. The Balaban J connectivity index is 1.73. The van der Waals surface area contributed by atoms with Crippen LogP contribution in [0, 0.1) is 6.92 Å². The number of ether oxygens (including phenoxy) is 1. The minimum atomic E-state index is -0.378. The molecular weight excluding hydrogens is 392 g/mol. The highest BCUT2D eigenvalue weighted by atomic mass is 16.5. The van der Waals surface area contributed by atoms with Gasteiger partial charge in [0.15, 0.2) is 6.61 Å². The molecule has 2 rings (SSSR count). The van der Waals surface area contributed by atoms with Crippen molar-refractivity contribution in [3.8, 4) is 5.75 Å². The second-order valence-electron chi connectivity index (χ2n) is 7.23. The maximum absolute atomic E-state index is 12.1. The van der Waals surface area contributed by atoms with Crippen LogP contribution in [-0.2, 0) is 16.1 Å². The van der Waals surface area contributed by atoms with E-state index < -0.39 is 0 Å². The third-order valence-electron chi connectivity index (χ3n) is 4.79. The van der Waals surface area contributed by atoms with Gasteiger partial charge in [0.25, 0.3) is 5.91 Å². The SMILES string of the molecule is CCN(CC)c1ccc(CNC(=O)C/C(C)=N\NC(=O)COc2ccccc2C)cc1. The van der Waals surface area contributed by atoms with Crippen molar-refractivity contribution in [3.05, 3.63) is 59.7 Å². The van der Waals surface area contributed by atoms with Gasteiger partial charge in [0, 0.05) is 31.0 Å². The van der Waals surface area contributed by atoms with Gasteiger partial charge in [-0.2, -0.15) is 5.10 Å². The van der Waals surface area contributed by atoms with Gasteiger partial charge >= 0.3 is 0 Å². The Bertz CT molecular complexity index is 890. The van der Waals surface area contributed by atoms with Crippen LogP contribution in [0.2, 0.25) is 0 Å². The lowest BCUT2D eigenvalue weighted by atomic mass is 10.2. The normalized spacial score (nSPS) is 11.0. The van der Waals surface area contributed by atoms with Gasteiger partial charge < -0.3 is 15.0 Å². The van der Waals surface area contributed by atoms with Crippen molar-refractivity contribution in [1.29, 1.82) is 0 Å². The first kappa shape index (κ1) is 23.9. The molecule has 0 atom stereocenters. The molecule has 0 aliphatic rings.